The van der Waals surface area contributed by atoms with Gasteiger partial charge in [-0.15, -0.1) is 0 Å². The molecule has 2 bridgehead atoms. The van der Waals surface area contributed by atoms with Gasteiger partial charge < -0.3 is 14.6 Å². The summed E-state index contributed by atoms with van der Waals surface area (Å²) in [5.41, 5.74) is 0. The summed E-state index contributed by atoms with van der Waals surface area (Å²) in [7, 11) is 1.63. The summed E-state index contributed by atoms with van der Waals surface area (Å²) in [4.78, 5) is 13.6. The van der Waals surface area contributed by atoms with Crippen LogP contribution in [-0.4, -0.2) is 48.3 Å². The molecule has 2 heterocycles. The second kappa shape index (κ2) is 5.93. The van der Waals surface area contributed by atoms with Gasteiger partial charge in [-0.05, 0) is 31.4 Å². The maximum atomic E-state index is 11.2. The molecule has 114 valence electrons. The minimum atomic E-state index is -0.655. The summed E-state index contributed by atoms with van der Waals surface area (Å²) >= 11 is 0. The van der Waals surface area contributed by atoms with E-state index in [1.54, 1.807) is 7.11 Å². The fourth-order valence-electron chi connectivity index (χ4n) is 3.71. The van der Waals surface area contributed by atoms with E-state index >= 15 is 0 Å². The van der Waals surface area contributed by atoms with Gasteiger partial charge in [-0.1, -0.05) is 12.1 Å². The summed E-state index contributed by atoms with van der Waals surface area (Å²) in [5.74, 6) is 0.611. The van der Waals surface area contributed by atoms with E-state index in [0.717, 1.165) is 37.3 Å². The van der Waals surface area contributed by atoms with Crippen molar-refractivity contribution < 1.29 is 19.4 Å². The van der Waals surface area contributed by atoms with Crippen LogP contribution in [0.5, 0.6) is 11.5 Å². The highest BCUT2D eigenvalue weighted by Crippen LogP contribution is 2.41. The topological polar surface area (TPSA) is 59.0 Å². The van der Waals surface area contributed by atoms with Gasteiger partial charge in [-0.2, -0.15) is 0 Å². The Morgan fingerprint density at radius 2 is 2.10 bits per heavy atom. The monoisotopic (exact) mass is 291 g/mol. The van der Waals surface area contributed by atoms with Gasteiger partial charge in [-0.25, -0.2) is 0 Å². The number of para-hydroxylation sites is 2. The van der Waals surface area contributed by atoms with E-state index in [0.29, 0.717) is 12.6 Å². The summed E-state index contributed by atoms with van der Waals surface area (Å²) in [6.45, 7) is 1.33. The second-order valence-corrected chi connectivity index (χ2v) is 5.72. The average molecular weight is 291 g/mol. The lowest BCUT2D eigenvalue weighted by Gasteiger charge is -2.22. The number of carboxylic acids is 1. The number of carbonyl (C=O) groups is 1. The summed E-state index contributed by atoms with van der Waals surface area (Å²) in [6.07, 6.45) is 2.90. The first-order valence-corrected chi connectivity index (χ1v) is 7.45. The SMILES string of the molecule is COc1ccccc1OCCN1C2CCC1C(C(=O)O)C2. The van der Waals surface area contributed by atoms with E-state index in [2.05, 4.69) is 4.90 Å². The van der Waals surface area contributed by atoms with Crippen LogP contribution < -0.4 is 9.47 Å². The minimum Gasteiger partial charge on any atom is -0.493 e. The first kappa shape index (κ1) is 14.2. The van der Waals surface area contributed by atoms with Crippen molar-refractivity contribution in [1.82, 2.24) is 4.90 Å². The molecule has 2 aliphatic rings. The van der Waals surface area contributed by atoms with Gasteiger partial charge in [0.25, 0.3) is 0 Å². The Hall–Kier alpha value is -1.75. The van der Waals surface area contributed by atoms with Gasteiger partial charge in [0, 0.05) is 18.6 Å². The van der Waals surface area contributed by atoms with Crippen LogP contribution in [0.15, 0.2) is 24.3 Å². The molecule has 0 amide bonds. The molecule has 0 aliphatic carbocycles. The van der Waals surface area contributed by atoms with Crippen molar-refractivity contribution in [3.63, 3.8) is 0 Å². The number of carboxylic acid groups (broad SMARTS) is 1. The third-order valence-electron chi connectivity index (χ3n) is 4.67. The van der Waals surface area contributed by atoms with Crippen LogP contribution in [0.3, 0.4) is 0 Å². The highest BCUT2D eigenvalue weighted by atomic mass is 16.5. The van der Waals surface area contributed by atoms with E-state index in [-0.39, 0.29) is 12.0 Å². The van der Waals surface area contributed by atoms with Gasteiger partial charge in [0.1, 0.15) is 6.61 Å². The molecular weight excluding hydrogens is 270 g/mol. The van der Waals surface area contributed by atoms with Crippen LogP contribution >= 0.6 is 0 Å². The number of fused-ring (bicyclic) bond motifs is 2. The molecule has 1 aromatic rings. The Kier molecular flexibility index (Phi) is 4.01. The quantitative estimate of drug-likeness (QED) is 0.869. The number of ether oxygens (including phenoxy) is 2. The van der Waals surface area contributed by atoms with Gasteiger partial charge >= 0.3 is 5.97 Å². The summed E-state index contributed by atoms with van der Waals surface area (Å²) in [6, 6.07) is 8.18. The predicted octanol–water partition coefficient (Wildman–Crippen LogP) is 2.01. The molecule has 5 nitrogen and oxygen atoms in total. The zero-order valence-electron chi connectivity index (χ0n) is 12.2. The first-order chi connectivity index (χ1) is 10.2. The predicted molar refractivity (Wildman–Crippen MR) is 77.7 cm³/mol. The van der Waals surface area contributed by atoms with Crippen molar-refractivity contribution in [1.29, 1.82) is 0 Å². The molecule has 0 spiro atoms. The molecule has 2 aliphatic heterocycles. The van der Waals surface area contributed by atoms with E-state index in [1.165, 1.54) is 0 Å². The fraction of sp³-hybridized carbons (Fsp3) is 0.562. The lowest BCUT2D eigenvalue weighted by atomic mass is 9.89. The van der Waals surface area contributed by atoms with Crippen LogP contribution in [0.25, 0.3) is 0 Å². The van der Waals surface area contributed by atoms with Crippen molar-refractivity contribution >= 4 is 5.97 Å². The van der Waals surface area contributed by atoms with Crippen molar-refractivity contribution in [2.75, 3.05) is 20.3 Å². The van der Waals surface area contributed by atoms with Crippen LogP contribution in [0.1, 0.15) is 19.3 Å². The van der Waals surface area contributed by atoms with Crippen LogP contribution in [0.4, 0.5) is 0 Å². The third-order valence-corrected chi connectivity index (χ3v) is 4.67. The molecule has 3 unspecified atom stereocenters. The van der Waals surface area contributed by atoms with Crippen LogP contribution in [0, 0.1) is 5.92 Å². The number of nitrogens with zero attached hydrogens (tertiary/aromatic N) is 1. The zero-order chi connectivity index (χ0) is 14.8. The van der Waals surface area contributed by atoms with E-state index in [9.17, 15) is 9.90 Å². The molecule has 0 radical (unpaired) electrons. The maximum absolute atomic E-state index is 11.2. The number of methoxy groups -OCH3 is 1. The normalized spacial score (nSPS) is 27.8. The summed E-state index contributed by atoms with van der Waals surface area (Å²) < 4.78 is 11.1. The highest BCUT2D eigenvalue weighted by Gasteiger charge is 2.48. The number of rotatable bonds is 6. The highest BCUT2D eigenvalue weighted by molar-refractivity contribution is 5.71. The Balaban J connectivity index is 1.56. The van der Waals surface area contributed by atoms with E-state index < -0.39 is 5.97 Å². The Morgan fingerprint density at radius 1 is 1.33 bits per heavy atom. The molecule has 1 N–H and O–H groups in total. The van der Waals surface area contributed by atoms with Crippen LogP contribution in [0.2, 0.25) is 0 Å². The van der Waals surface area contributed by atoms with Gasteiger partial charge in [-0.3, -0.25) is 9.69 Å². The lowest BCUT2D eigenvalue weighted by molar-refractivity contribution is -0.142. The number of hydrogen-bond acceptors (Lipinski definition) is 4. The molecule has 0 aromatic heterocycles. The zero-order valence-corrected chi connectivity index (χ0v) is 12.2. The van der Waals surface area contributed by atoms with Crippen molar-refractivity contribution in [3.05, 3.63) is 24.3 Å². The average Bonchev–Trinajstić information content (AvgIpc) is 3.05. The van der Waals surface area contributed by atoms with Crippen LogP contribution in [-0.2, 0) is 4.79 Å². The third kappa shape index (κ3) is 2.70. The van der Waals surface area contributed by atoms with Gasteiger partial charge in [0.15, 0.2) is 11.5 Å². The van der Waals surface area contributed by atoms with Gasteiger partial charge in [0.2, 0.25) is 0 Å². The number of aliphatic carboxylic acids is 1. The fourth-order valence-corrected chi connectivity index (χ4v) is 3.71. The smallest absolute Gasteiger partial charge is 0.308 e. The van der Waals surface area contributed by atoms with E-state index in [4.69, 9.17) is 9.47 Å². The van der Waals surface area contributed by atoms with Crippen molar-refractivity contribution in [2.45, 2.75) is 31.3 Å². The maximum Gasteiger partial charge on any atom is 0.308 e. The molecule has 1 aromatic carbocycles. The second-order valence-electron chi connectivity index (χ2n) is 5.72. The number of benzene rings is 1. The molecular formula is C16H21NO4. The van der Waals surface area contributed by atoms with Crippen molar-refractivity contribution in [2.24, 2.45) is 5.92 Å². The molecule has 3 atom stereocenters. The van der Waals surface area contributed by atoms with E-state index in [1.807, 2.05) is 24.3 Å². The first-order valence-electron chi connectivity index (χ1n) is 7.45. The van der Waals surface area contributed by atoms with Gasteiger partial charge in [0.05, 0.1) is 13.0 Å². The molecule has 0 saturated carbocycles. The lowest BCUT2D eigenvalue weighted by Crippen LogP contribution is -2.35. The molecule has 5 heteroatoms. The Bertz CT molecular complexity index is 519. The molecule has 21 heavy (non-hydrogen) atoms. The molecule has 3 rings (SSSR count). The number of hydrogen-bond donors (Lipinski definition) is 1. The molecule has 2 saturated heterocycles. The largest absolute Gasteiger partial charge is 0.493 e. The summed E-state index contributed by atoms with van der Waals surface area (Å²) in [5, 5.41) is 9.25. The minimum absolute atomic E-state index is 0.189. The van der Waals surface area contributed by atoms with Crippen molar-refractivity contribution in [3.8, 4) is 11.5 Å². The Morgan fingerprint density at radius 3 is 2.76 bits per heavy atom. The Labute approximate surface area is 124 Å². The molecule has 2 fully saturated rings. The standard InChI is InChI=1S/C16H21NO4/c1-20-14-4-2-3-5-15(14)21-9-8-17-11-6-7-13(17)12(10-11)16(18)19/h2-5,11-13H,6-10H2,1H3,(H,18,19).